The fourth-order valence-electron chi connectivity index (χ4n) is 3.02. The highest BCUT2D eigenvalue weighted by molar-refractivity contribution is 5.90. The second-order valence-electron chi connectivity index (χ2n) is 5.99. The van der Waals surface area contributed by atoms with E-state index in [2.05, 4.69) is 4.98 Å². The molecule has 0 aliphatic heterocycles. The lowest BCUT2D eigenvalue weighted by Gasteiger charge is -2.13. The van der Waals surface area contributed by atoms with E-state index in [0.717, 1.165) is 0 Å². The number of halogens is 3. The van der Waals surface area contributed by atoms with E-state index in [9.17, 15) is 4.39 Å². The van der Waals surface area contributed by atoms with Crippen LogP contribution >= 0.6 is 24.8 Å². The molecule has 0 saturated carbocycles. The molecule has 1 aromatic heterocycles. The van der Waals surface area contributed by atoms with E-state index in [1.165, 1.54) is 0 Å². The Morgan fingerprint density at radius 2 is 1.52 bits per heavy atom. The summed E-state index contributed by atoms with van der Waals surface area (Å²) >= 11 is 0. The van der Waals surface area contributed by atoms with E-state index in [4.69, 9.17) is 19.9 Å². The van der Waals surface area contributed by atoms with Gasteiger partial charge in [0.05, 0.1) is 19.7 Å². The summed E-state index contributed by atoms with van der Waals surface area (Å²) < 4.78 is 31.5. The molecule has 0 aliphatic carbocycles. The molecule has 0 unspecified atom stereocenters. The highest BCUT2D eigenvalue weighted by atomic mass is 35.5. The number of ether oxygens (including phenoxy) is 3. The molecule has 3 aromatic carbocycles. The van der Waals surface area contributed by atoms with Crippen molar-refractivity contribution in [3.63, 3.8) is 0 Å². The maximum absolute atomic E-state index is 14.9. The summed E-state index contributed by atoms with van der Waals surface area (Å²) in [7, 11) is 3.11. The average molecular weight is 437 g/mol. The predicted molar refractivity (Wildman–Crippen MR) is 118 cm³/mol. The Bertz CT molecular complexity index is 1170. The Morgan fingerprint density at radius 3 is 2.24 bits per heavy atom. The van der Waals surface area contributed by atoms with Gasteiger partial charge in [-0.3, -0.25) is 4.98 Å². The first-order valence-corrected chi connectivity index (χ1v) is 8.27. The number of hydrogen-bond acceptors (Lipinski definition) is 5. The number of nitrogen functional groups attached to an aromatic ring is 1. The first-order valence-electron chi connectivity index (χ1n) is 8.27. The van der Waals surface area contributed by atoms with Gasteiger partial charge in [-0.25, -0.2) is 4.39 Å². The zero-order chi connectivity index (χ0) is 19.0. The van der Waals surface area contributed by atoms with Crippen LogP contribution < -0.4 is 19.9 Å². The number of nitrogens with two attached hydrogens (primary N) is 1. The Morgan fingerprint density at radius 1 is 0.793 bits per heavy atom. The topological polar surface area (TPSA) is 66.6 Å². The summed E-state index contributed by atoms with van der Waals surface area (Å²) in [6, 6.07) is 13.6. The fraction of sp³-hybridized carbons (Fsp3) is 0.0952. The van der Waals surface area contributed by atoms with Crippen LogP contribution in [0.5, 0.6) is 23.0 Å². The second kappa shape index (κ2) is 9.03. The van der Waals surface area contributed by atoms with Crippen molar-refractivity contribution in [3.05, 3.63) is 60.5 Å². The SMILES string of the molecule is COc1cc2nccc(Oc3ccc4cc(N)ccc4c3F)c2cc1OC.Cl.Cl. The smallest absolute Gasteiger partial charge is 0.173 e. The minimum Gasteiger partial charge on any atom is -0.493 e. The summed E-state index contributed by atoms with van der Waals surface area (Å²) in [6.07, 6.45) is 1.60. The molecule has 0 spiro atoms. The van der Waals surface area contributed by atoms with Gasteiger partial charge in [0.2, 0.25) is 0 Å². The minimum atomic E-state index is -0.446. The molecule has 0 fully saturated rings. The summed E-state index contributed by atoms with van der Waals surface area (Å²) in [6.45, 7) is 0. The van der Waals surface area contributed by atoms with E-state index in [0.29, 0.717) is 44.6 Å². The number of nitrogens with zero attached hydrogens (tertiary/aromatic N) is 1. The normalized spacial score (nSPS) is 10.2. The molecular formula is C21H19Cl2FN2O3. The zero-order valence-electron chi connectivity index (χ0n) is 15.6. The van der Waals surface area contributed by atoms with Gasteiger partial charge >= 0.3 is 0 Å². The monoisotopic (exact) mass is 436 g/mol. The Kier molecular flexibility index (Phi) is 6.95. The van der Waals surface area contributed by atoms with Crippen molar-refractivity contribution in [3.8, 4) is 23.0 Å². The van der Waals surface area contributed by atoms with Crippen molar-refractivity contribution in [1.82, 2.24) is 4.98 Å². The van der Waals surface area contributed by atoms with Crippen LogP contribution in [-0.4, -0.2) is 19.2 Å². The van der Waals surface area contributed by atoms with Crippen molar-refractivity contribution < 1.29 is 18.6 Å². The fourth-order valence-corrected chi connectivity index (χ4v) is 3.02. The summed E-state index contributed by atoms with van der Waals surface area (Å²) in [4.78, 5) is 4.33. The van der Waals surface area contributed by atoms with Crippen molar-refractivity contribution in [2.45, 2.75) is 0 Å². The van der Waals surface area contributed by atoms with Gasteiger partial charge in [-0.15, -0.1) is 24.8 Å². The molecule has 0 amide bonds. The van der Waals surface area contributed by atoms with Gasteiger partial charge in [0.25, 0.3) is 0 Å². The lowest BCUT2D eigenvalue weighted by Crippen LogP contribution is -1.95. The summed E-state index contributed by atoms with van der Waals surface area (Å²) in [5.74, 6) is 1.24. The van der Waals surface area contributed by atoms with Gasteiger partial charge in [-0.2, -0.15) is 0 Å². The van der Waals surface area contributed by atoms with Crippen LogP contribution in [0.4, 0.5) is 10.1 Å². The van der Waals surface area contributed by atoms with Crippen LogP contribution in [0.1, 0.15) is 0 Å². The third-order valence-corrected chi connectivity index (χ3v) is 4.37. The highest BCUT2D eigenvalue weighted by Gasteiger charge is 2.14. The van der Waals surface area contributed by atoms with E-state index in [-0.39, 0.29) is 30.6 Å². The number of methoxy groups -OCH3 is 2. The molecule has 0 saturated heterocycles. The van der Waals surface area contributed by atoms with Gasteiger partial charge in [-0.1, -0.05) is 6.07 Å². The molecular weight excluding hydrogens is 418 g/mol. The molecule has 29 heavy (non-hydrogen) atoms. The molecule has 0 atom stereocenters. The van der Waals surface area contributed by atoms with Gasteiger partial charge in [-0.05, 0) is 41.8 Å². The quantitative estimate of drug-likeness (QED) is 0.411. The van der Waals surface area contributed by atoms with E-state index < -0.39 is 5.82 Å². The lowest BCUT2D eigenvalue weighted by molar-refractivity contribution is 0.355. The molecule has 2 N–H and O–H groups in total. The average Bonchev–Trinajstić information content (AvgIpc) is 2.69. The molecule has 8 heteroatoms. The first kappa shape index (κ1) is 22.3. The van der Waals surface area contributed by atoms with Crippen LogP contribution in [0.2, 0.25) is 0 Å². The van der Waals surface area contributed by atoms with E-state index in [1.807, 2.05) is 0 Å². The molecule has 152 valence electrons. The Labute approximate surface area is 179 Å². The summed E-state index contributed by atoms with van der Waals surface area (Å²) in [5, 5.41) is 1.84. The molecule has 5 nitrogen and oxygen atoms in total. The number of fused-ring (bicyclic) bond motifs is 2. The number of rotatable bonds is 4. The molecule has 0 radical (unpaired) electrons. The second-order valence-corrected chi connectivity index (χ2v) is 5.99. The van der Waals surface area contributed by atoms with Gasteiger partial charge in [0.15, 0.2) is 23.1 Å². The number of benzene rings is 3. The van der Waals surface area contributed by atoms with Gasteiger partial charge in [0, 0.05) is 28.7 Å². The van der Waals surface area contributed by atoms with Crippen LogP contribution in [0.3, 0.4) is 0 Å². The number of aromatic nitrogens is 1. The third kappa shape index (κ3) is 4.09. The van der Waals surface area contributed by atoms with Gasteiger partial charge in [0.1, 0.15) is 5.75 Å². The summed E-state index contributed by atoms with van der Waals surface area (Å²) in [5.41, 5.74) is 7.00. The lowest BCUT2D eigenvalue weighted by atomic mass is 10.1. The third-order valence-electron chi connectivity index (χ3n) is 4.37. The van der Waals surface area contributed by atoms with Gasteiger partial charge < -0.3 is 19.9 Å². The van der Waals surface area contributed by atoms with Crippen molar-refractivity contribution in [2.24, 2.45) is 0 Å². The predicted octanol–water partition coefficient (Wildman–Crippen LogP) is 5.76. The molecule has 4 rings (SSSR count). The number of pyridine rings is 1. The standard InChI is InChI=1S/C21H17FN2O3.2ClH/c1-25-19-10-15-16(11-20(19)26-2)24-8-7-17(15)27-18-6-3-12-9-13(23)4-5-14(12)21(18)22;;/h3-11H,23H2,1-2H3;2*1H. The molecule has 1 heterocycles. The minimum absolute atomic E-state index is 0. The maximum Gasteiger partial charge on any atom is 0.173 e. The Balaban J connectivity index is 0.00000150. The largest absolute Gasteiger partial charge is 0.493 e. The van der Waals surface area contributed by atoms with Crippen molar-refractivity contribution in [2.75, 3.05) is 20.0 Å². The van der Waals surface area contributed by atoms with Crippen LogP contribution in [0.25, 0.3) is 21.7 Å². The maximum atomic E-state index is 14.9. The molecule has 4 aromatic rings. The molecule has 0 bridgehead atoms. The number of hydrogen-bond donors (Lipinski definition) is 1. The Hall–Kier alpha value is -2.96. The zero-order valence-corrected chi connectivity index (χ0v) is 17.3. The number of anilines is 1. The van der Waals surface area contributed by atoms with Crippen LogP contribution in [-0.2, 0) is 0 Å². The van der Waals surface area contributed by atoms with Crippen molar-refractivity contribution in [1.29, 1.82) is 0 Å². The highest BCUT2D eigenvalue weighted by Crippen LogP contribution is 2.38. The van der Waals surface area contributed by atoms with Crippen molar-refractivity contribution >= 4 is 52.2 Å². The van der Waals surface area contributed by atoms with Crippen LogP contribution in [0.15, 0.2) is 54.7 Å². The first-order chi connectivity index (χ1) is 13.1. The van der Waals surface area contributed by atoms with E-state index in [1.54, 1.807) is 68.9 Å². The van der Waals surface area contributed by atoms with Crippen LogP contribution in [0, 0.1) is 5.82 Å². The molecule has 0 aliphatic rings. The van der Waals surface area contributed by atoms with E-state index >= 15 is 0 Å².